The zero-order valence-corrected chi connectivity index (χ0v) is 8.78. The number of aliphatic hydroxyl groups excluding tert-OH is 1. The quantitative estimate of drug-likeness (QED) is 0.777. The van der Waals surface area contributed by atoms with E-state index in [4.69, 9.17) is 5.11 Å². The summed E-state index contributed by atoms with van der Waals surface area (Å²) in [6, 6.07) is 0. The number of aliphatic hydroxyl groups is 1. The summed E-state index contributed by atoms with van der Waals surface area (Å²) in [6.07, 6.45) is 4.96. The highest BCUT2D eigenvalue weighted by atomic mass is 19.1. The summed E-state index contributed by atoms with van der Waals surface area (Å²) in [6.45, 7) is 6.05. The van der Waals surface area contributed by atoms with Crippen molar-refractivity contribution in [3.8, 4) is 0 Å². The summed E-state index contributed by atoms with van der Waals surface area (Å²) >= 11 is 0. The van der Waals surface area contributed by atoms with Crippen molar-refractivity contribution in [2.45, 2.75) is 19.9 Å². The van der Waals surface area contributed by atoms with Crippen LogP contribution in [0.25, 0.3) is 12.7 Å². The van der Waals surface area contributed by atoms with Crippen LogP contribution >= 0.6 is 0 Å². The van der Waals surface area contributed by atoms with Crippen LogP contribution in [0.3, 0.4) is 0 Å². The zero-order valence-electron chi connectivity index (χ0n) is 8.78. The van der Waals surface area contributed by atoms with Gasteiger partial charge in [0, 0.05) is 18.4 Å². The maximum Gasteiger partial charge on any atom is 0.121 e. The van der Waals surface area contributed by atoms with Crippen molar-refractivity contribution in [3.05, 3.63) is 28.7 Å². The number of rotatable bonds is 4. The SMILES string of the molecule is C=c1cnn(CCCO)/c1=C/C(F)=C\C. The molecule has 0 spiro atoms. The van der Waals surface area contributed by atoms with Gasteiger partial charge < -0.3 is 5.11 Å². The fraction of sp³-hybridized carbons (Fsp3) is 0.364. The van der Waals surface area contributed by atoms with Gasteiger partial charge in [-0.05, 0) is 19.4 Å². The van der Waals surface area contributed by atoms with E-state index in [0.29, 0.717) is 23.5 Å². The third kappa shape index (κ3) is 3.02. The highest BCUT2D eigenvalue weighted by molar-refractivity contribution is 5.40. The van der Waals surface area contributed by atoms with Gasteiger partial charge in [0.25, 0.3) is 0 Å². The highest BCUT2D eigenvalue weighted by Gasteiger charge is 1.97. The second kappa shape index (κ2) is 5.46. The second-order valence-electron chi connectivity index (χ2n) is 3.17. The minimum absolute atomic E-state index is 0.0951. The van der Waals surface area contributed by atoms with Crippen LogP contribution in [-0.2, 0) is 6.54 Å². The molecule has 0 radical (unpaired) electrons. The lowest BCUT2D eigenvalue weighted by Crippen LogP contribution is -2.28. The molecule has 0 aliphatic carbocycles. The Bertz CT molecular complexity index is 448. The maximum absolute atomic E-state index is 13.1. The molecule has 0 atom stereocenters. The first-order chi connectivity index (χ1) is 7.19. The highest BCUT2D eigenvalue weighted by Crippen LogP contribution is 1.95. The summed E-state index contributed by atoms with van der Waals surface area (Å²) in [4.78, 5) is 0. The van der Waals surface area contributed by atoms with Crippen molar-refractivity contribution in [1.82, 2.24) is 9.78 Å². The number of nitrogens with zero attached hydrogens (tertiary/aromatic N) is 2. The molecule has 0 saturated carbocycles. The average molecular weight is 210 g/mol. The van der Waals surface area contributed by atoms with Gasteiger partial charge in [0.15, 0.2) is 0 Å². The van der Waals surface area contributed by atoms with Crippen LogP contribution < -0.4 is 10.6 Å². The van der Waals surface area contributed by atoms with E-state index in [1.807, 2.05) is 0 Å². The molecule has 0 aliphatic rings. The van der Waals surface area contributed by atoms with Crippen LogP contribution in [-0.4, -0.2) is 21.5 Å². The first-order valence-electron chi connectivity index (χ1n) is 4.84. The van der Waals surface area contributed by atoms with Gasteiger partial charge in [-0.2, -0.15) is 5.10 Å². The van der Waals surface area contributed by atoms with Gasteiger partial charge in [-0.15, -0.1) is 0 Å². The van der Waals surface area contributed by atoms with Crippen LogP contribution in [0.1, 0.15) is 13.3 Å². The first kappa shape index (κ1) is 11.7. The van der Waals surface area contributed by atoms with E-state index in [9.17, 15) is 4.39 Å². The molecular weight excluding hydrogens is 195 g/mol. The number of allylic oxidation sites excluding steroid dienone is 2. The van der Waals surface area contributed by atoms with Crippen LogP contribution in [0.4, 0.5) is 4.39 Å². The fourth-order valence-corrected chi connectivity index (χ4v) is 1.21. The smallest absolute Gasteiger partial charge is 0.121 e. The van der Waals surface area contributed by atoms with Gasteiger partial charge in [-0.1, -0.05) is 12.7 Å². The molecule has 1 N–H and O–H groups in total. The molecule has 0 unspecified atom stereocenters. The van der Waals surface area contributed by atoms with E-state index < -0.39 is 0 Å². The van der Waals surface area contributed by atoms with Crippen LogP contribution in [0.5, 0.6) is 0 Å². The monoisotopic (exact) mass is 210 g/mol. The Morgan fingerprint density at radius 2 is 2.47 bits per heavy atom. The summed E-state index contributed by atoms with van der Waals surface area (Å²) in [5, 5.41) is 14.1. The molecule has 0 saturated heterocycles. The Hall–Kier alpha value is -1.42. The van der Waals surface area contributed by atoms with Gasteiger partial charge in [0.1, 0.15) is 5.83 Å². The Labute approximate surface area is 87.8 Å². The predicted octanol–water partition coefficient (Wildman–Crippen LogP) is 0.330. The number of halogens is 1. The van der Waals surface area contributed by atoms with Crippen molar-refractivity contribution >= 4 is 12.7 Å². The van der Waals surface area contributed by atoms with E-state index in [1.54, 1.807) is 17.8 Å². The van der Waals surface area contributed by atoms with E-state index in [2.05, 4.69) is 11.7 Å². The Morgan fingerprint density at radius 1 is 1.73 bits per heavy atom. The van der Waals surface area contributed by atoms with E-state index in [0.717, 1.165) is 0 Å². The molecule has 1 heterocycles. The molecule has 0 aliphatic heterocycles. The standard InChI is InChI=1S/C11H15FN2O/c1-3-10(12)7-11-9(2)8-13-14(11)5-4-6-15/h3,7-8,15H,2,4-6H2,1H3/b10-3+,11-7+. The lowest BCUT2D eigenvalue weighted by Gasteiger charge is -1.99. The van der Waals surface area contributed by atoms with Crippen LogP contribution in [0.2, 0.25) is 0 Å². The summed E-state index contributed by atoms with van der Waals surface area (Å²) in [5.41, 5.74) is 0. The second-order valence-corrected chi connectivity index (χ2v) is 3.17. The molecule has 0 amide bonds. The van der Waals surface area contributed by atoms with Crippen LogP contribution in [0, 0.1) is 0 Å². The predicted molar refractivity (Wildman–Crippen MR) is 58.0 cm³/mol. The topological polar surface area (TPSA) is 38.0 Å². The number of aromatic nitrogens is 2. The summed E-state index contributed by atoms with van der Waals surface area (Å²) in [5.74, 6) is -0.314. The Morgan fingerprint density at radius 3 is 3.07 bits per heavy atom. The molecule has 0 aromatic carbocycles. The molecule has 4 heteroatoms. The van der Waals surface area contributed by atoms with Gasteiger partial charge >= 0.3 is 0 Å². The third-order valence-electron chi connectivity index (χ3n) is 2.04. The maximum atomic E-state index is 13.1. The lowest BCUT2D eigenvalue weighted by atomic mass is 10.3. The Balaban J connectivity index is 3.10. The third-order valence-corrected chi connectivity index (χ3v) is 2.04. The van der Waals surface area contributed by atoms with Gasteiger partial charge in [-0.25, -0.2) is 4.39 Å². The molecule has 0 fully saturated rings. The first-order valence-corrected chi connectivity index (χ1v) is 4.84. The molecular formula is C11H15FN2O. The summed E-state index contributed by atoms with van der Waals surface area (Å²) in [7, 11) is 0. The number of hydrogen-bond donors (Lipinski definition) is 1. The van der Waals surface area contributed by atoms with Gasteiger partial charge in [-0.3, -0.25) is 4.68 Å². The largest absolute Gasteiger partial charge is 0.396 e. The van der Waals surface area contributed by atoms with Crippen molar-refractivity contribution in [2.75, 3.05) is 6.61 Å². The van der Waals surface area contributed by atoms with Crippen molar-refractivity contribution < 1.29 is 9.50 Å². The molecule has 1 aromatic rings. The van der Waals surface area contributed by atoms with Crippen LogP contribution in [0.15, 0.2) is 18.1 Å². The van der Waals surface area contributed by atoms with Gasteiger partial charge in [0.05, 0.1) is 11.5 Å². The zero-order chi connectivity index (χ0) is 11.3. The van der Waals surface area contributed by atoms with Crippen molar-refractivity contribution in [3.63, 3.8) is 0 Å². The minimum atomic E-state index is -0.314. The van der Waals surface area contributed by atoms with E-state index in [-0.39, 0.29) is 12.4 Å². The molecule has 1 rings (SSSR count). The lowest BCUT2D eigenvalue weighted by molar-refractivity contribution is 0.276. The van der Waals surface area contributed by atoms with Gasteiger partial charge in [0.2, 0.25) is 0 Å². The Kier molecular flexibility index (Phi) is 4.24. The normalized spacial score (nSPS) is 13.5. The summed E-state index contributed by atoms with van der Waals surface area (Å²) < 4.78 is 14.7. The molecule has 0 bridgehead atoms. The number of aryl methyl sites for hydroxylation is 1. The molecule has 15 heavy (non-hydrogen) atoms. The fourth-order valence-electron chi connectivity index (χ4n) is 1.21. The van der Waals surface area contributed by atoms with Crippen molar-refractivity contribution in [2.24, 2.45) is 0 Å². The molecule has 3 nitrogen and oxygen atoms in total. The van der Waals surface area contributed by atoms with E-state index in [1.165, 1.54) is 12.2 Å². The average Bonchev–Trinajstić information content (AvgIpc) is 2.57. The van der Waals surface area contributed by atoms with E-state index >= 15 is 0 Å². The molecule has 82 valence electrons. The molecule has 1 aromatic heterocycles. The number of hydrogen-bond acceptors (Lipinski definition) is 2. The minimum Gasteiger partial charge on any atom is -0.396 e. The van der Waals surface area contributed by atoms with Crippen molar-refractivity contribution in [1.29, 1.82) is 0 Å².